The molecule has 0 bridgehead atoms. The first-order chi connectivity index (χ1) is 9.65. The quantitative estimate of drug-likeness (QED) is 0.601. The summed E-state index contributed by atoms with van der Waals surface area (Å²) in [4.78, 5) is 0. The van der Waals surface area contributed by atoms with Crippen molar-refractivity contribution in [3.63, 3.8) is 0 Å². The van der Waals surface area contributed by atoms with Gasteiger partial charge in [-0.3, -0.25) is 0 Å². The topological polar surface area (TPSA) is 18.5 Å². The monoisotopic (exact) mass is 276 g/mol. The highest BCUT2D eigenvalue weighted by molar-refractivity contribution is 5.26. The van der Waals surface area contributed by atoms with Crippen LogP contribution < -0.4 is 4.74 Å². The molecule has 2 nitrogen and oxygen atoms in total. The summed E-state index contributed by atoms with van der Waals surface area (Å²) in [6.45, 7) is 8.19. The fourth-order valence-corrected chi connectivity index (χ4v) is 2.25. The maximum absolute atomic E-state index is 5.80. The van der Waals surface area contributed by atoms with Crippen LogP contribution in [0.1, 0.15) is 39.2 Å². The first-order valence-electron chi connectivity index (χ1n) is 7.53. The molecular weight excluding hydrogens is 248 g/mol. The van der Waals surface area contributed by atoms with E-state index in [0.717, 1.165) is 18.8 Å². The van der Waals surface area contributed by atoms with E-state index < -0.39 is 0 Å². The maximum Gasteiger partial charge on any atom is 0.118 e. The van der Waals surface area contributed by atoms with Gasteiger partial charge in [-0.05, 0) is 42.4 Å². The van der Waals surface area contributed by atoms with Gasteiger partial charge in [0.05, 0.1) is 13.7 Å². The van der Waals surface area contributed by atoms with Gasteiger partial charge in [0.1, 0.15) is 5.75 Å². The molecule has 0 saturated carbocycles. The van der Waals surface area contributed by atoms with Gasteiger partial charge in [-0.15, -0.1) is 0 Å². The van der Waals surface area contributed by atoms with E-state index in [4.69, 9.17) is 9.47 Å². The van der Waals surface area contributed by atoms with Crippen molar-refractivity contribution in [1.82, 2.24) is 0 Å². The smallest absolute Gasteiger partial charge is 0.118 e. The summed E-state index contributed by atoms with van der Waals surface area (Å²) < 4.78 is 10.9. The summed E-state index contributed by atoms with van der Waals surface area (Å²) in [7, 11) is 1.68. The number of methoxy groups -OCH3 is 1. The van der Waals surface area contributed by atoms with Crippen LogP contribution in [0.3, 0.4) is 0 Å². The van der Waals surface area contributed by atoms with Crippen LogP contribution in [0.2, 0.25) is 0 Å². The van der Waals surface area contributed by atoms with E-state index in [1.54, 1.807) is 7.11 Å². The number of allylic oxidation sites excluding steroid dienone is 2. The molecule has 0 saturated heterocycles. The third-order valence-electron chi connectivity index (χ3n) is 3.30. The Hall–Kier alpha value is -1.28. The molecule has 2 heteroatoms. The zero-order valence-electron chi connectivity index (χ0n) is 13.3. The van der Waals surface area contributed by atoms with E-state index >= 15 is 0 Å². The molecule has 0 spiro atoms. The molecule has 112 valence electrons. The molecule has 0 amide bonds. The zero-order chi connectivity index (χ0) is 14.8. The van der Waals surface area contributed by atoms with Crippen LogP contribution in [0, 0.1) is 11.8 Å². The molecule has 0 unspecified atom stereocenters. The average Bonchev–Trinajstić information content (AvgIpc) is 2.45. The Morgan fingerprint density at radius 1 is 1.15 bits per heavy atom. The van der Waals surface area contributed by atoms with Crippen molar-refractivity contribution in [3.8, 4) is 5.75 Å². The Morgan fingerprint density at radius 3 is 2.45 bits per heavy atom. The Labute approximate surface area is 123 Å². The fourth-order valence-electron chi connectivity index (χ4n) is 2.25. The molecule has 0 aromatic heterocycles. The van der Waals surface area contributed by atoms with Crippen molar-refractivity contribution < 1.29 is 9.47 Å². The second kappa shape index (κ2) is 9.60. The number of hydrogen-bond donors (Lipinski definition) is 0. The van der Waals surface area contributed by atoms with Gasteiger partial charge in [-0.2, -0.15) is 0 Å². The minimum Gasteiger partial charge on any atom is -0.497 e. The van der Waals surface area contributed by atoms with Crippen molar-refractivity contribution >= 4 is 0 Å². The van der Waals surface area contributed by atoms with Crippen molar-refractivity contribution in [2.45, 2.75) is 40.2 Å². The summed E-state index contributed by atoms with van der Waals surface area (Å²) >= 11 is 0. The molecule has 0 aliphatic carbocycles. The summed E-state index contributed by atoms with van der Waals surface area (Å²) in [5, 5.41) is 0. The van der Waals surface area contributed by atoms with E-state index in [1.165, 1.54) is 12.0 Å². The van der Waals surface area contributed by atoms with Crippen LogP contribution in [-0.4, -0.2) is 13.7 Å². The Bertz CT molecular complexity index is 381. The van der Waals surface area contributed by atoms with Crippen molar-refractivity contribution in [1.29, 1.82) is 0 Å². The van der Waals surface area contributed by atoms with E-state index in [-0.39, 0.29) is 0 Å². The summed E-state index contributed by atoms with van der Waals surface area (Å²) in [5.41, 5.74) is 1.19. The highest BCUT2D eigenvalue weighted by Gasteiger charge is 2.06. The van der Waals surface area contributed by atoms with Gasteiger partial charge < -0.3 is 9.47 Å². The van der Waals surface area contributed by atoms with Gasteiger partial charge >= 0.3 is 0 Å². The molecule has 0 aliphatic heterocycles. The predicted octanol–water partition coefficient (Wildman–Crippen LogP) is 4.84. The van der Waals surface area contributed by atoms with Crippen LogP contribution >= 0.6 is 0 Å². The van der Waals surface area contributed by atoms with Gasteiger partial charge in [0.15, 0.2) is 0 Å². The fraction of sp³-hybridized carbons (Fsp3) is 0.556. The largest absolute Gasteiger partial charge is 0.497 e. The first kappa shape index (κ1) is 16.8. The Morgan fingerprint density at radius 2 is 1.85 bits per heavy atom. The van der Waals surface area contributed by atoms with Crippen LogP contribution in [0.15, 0.2) is 36.4 Å². The summed E-state index contributed by atoms with van der Waals surface area (Å²) in [5.74, 6) is 2.11. The minimum absolute atomic E-state index is 0.588. The number of ether oxygens (including phenoxy) is 2. The summed E-state index contributed by atoms with van der Waals surface area (Å²) in [6, 6.07) is 8.05. The molecule has 1 aromatic rings. The molecule has 1 aromatic carbocycles. The number of benzene rings is 1. The summed E-state index contributed by atoms with van der Waals surface area (Å²) in [6.07, 6.45) is 6.85. The molecule has 0 fully saturated rings. The Kier molecular flexibility index (Phi) is 8.05. The minimum atomic E-state index is 0.588. The van der Waals surface area contributed by atoms with Gasteiger partial charge in [0.25, 0.3) is 0 Å². The second-order valence-corrected chi connectivity index (χ2v) is 5.52. The van der Waals surface area contributed by atoms with Crippen molar-refractivity contribution in [2.24, 2.45) is 11.8 Å². The van der Waals surface area contributed by atoms with Gasteiger partial charge in [0.2, 0.25) is 0 Å². The lowest BCUT2D eigenvalue weighted by atomic mass is 9.97. The zero-order valence-corrected chi connectivity index (χ0v) is 13.3. The van der Waals surface area contributed by atoms with E-state index in [1.807, 2.05) is 12.1 Å². The molecule has 1 rings (SSSR count). The van der Waals surface area contributed by atoms with E-state index in [9.17, 15) is 0 Å². The maximum atomic E-state index is 5.80. The molecule has 2 atom stereocenters. The second-order valence-electron chi connectivity index (χ2n) is 5.52. The van der Waals surface area contributed by atoms with Gasteiger partial charge in [-0.25, -0.2) is 0 Å². The third kappa shape index (κ3) is 6.76. The van der Waals surface area contributed by atoms with Crippen LogP contribution in [0.4, 0.5) is 0 Å². The molecule has 0 radical (unpaired) electrons. The predicted molar refractivity (Wildman–Crippen MR) is 85.0 cm³/mol. The van der Waals surface area contributed by atoms with E-state index in [2.05, 4.69) is 45.1 Å². The SMILES string of the molecule is CC/C=C/[C@@H](C)C[C@H](C)COCc1ccc(OC)cc1. The standard InChI is InChI=1S/C18H28O2/c1-5-6-7-15(2)12-16(3)13-20-14-17-8-10-18(19-4)11-9-17/h6-11,15-16H,5,12-14H2,1-4H3/b7-6+/t15-,16+/m1/s1. The first-order valence-corrected chi connectivity index (χ1v) is 7.53. The number of hydrogen-bond acceptors (Lipinski definition) is 2. The lowest BCUT2D eigenvalue weighted by Gasteiger charge is -2.15. The third-order valence-corrected chi connectivity index (χ3v) is 3.30. The van der Waals surface area contributed by atoms with Gasteiger partial charge in [-0.1, -0.05) is 45.1 Å². The highest BCUT2D eigenvalue weighted by Crippen LogP contribution is 2.15. The highest BCUT2D eigenvalue weighted by atomic mass is 16.5. The molecule has 0 N–H and O–H groups in total. The molecule has 20 heavy (non-hydrogen) atoms. The van der Waals surface area contributed by atoms with E-state index in [0.29, 0.717) is 18.4 Å². The normalized spacial score (nSPS) is 14.4. The van der Waals surface area contributed by atoms with Gasteiger partial charge in [0, 0.05) is 6.61 Å². The molecular formula is C18H28O2. The van der Waals surface area contributed by atoms with Crippen LogP contribution in [-0.2, 0) is 11.3 Å². The lowest BCUT2D eigenvalue weighted by molar-refractivity contribution is 0.0867. The van der Waals surface area contributed by atoms with Crippen molar-refractivity contribution in [3.05, 3.63) is 42.0 Å². The Balaban J connectivity index is 2.23. The lowest BCUT2D eigenvalue weighted by Crippen LogP contribution is -2.09. The van der Waals surface area contributed by atoms with Crippen molar-refractivity contribution in [2.75, 3.05) is 13.7 Å². The molecule has 0 aliphatic rings. The average molecular weight is 276 g/mol. The van der Waals surface area contributed by atoms with Crippen LogP contribution in [0.5, 0.6) is 5.75 Å². The molecule has 0 heterocycles. The number of rotatable bonds is 9. The van der Waals surface area contributed by atoms with Crippen LogP contribution in [0.25, 0.3) is 0 Å².